The molecule has 86 valence electrons. The lowest BCUT2D eigenvalue weighted by Crippen LogP contribution is -2.35. The van der Waals surface area contributed by atoms with E-state index in [1.165, 1.54) is 6.07 Å². The SMILES string of the molecule is O=C(O)C(O)C1(c2c(F)cccc2F)CC1. The molecule has 0 aromatic heterocycles. The lowest BCUT2D eigenvalue weighted by Gasteiger charge is -2.20. The topological polar surface area (TPSA) is 57.5 Å². The van der Waals surface area contributed by atoms with E-state index in [0.717, 1.165) is 12.1 Å². The molecule has 2 rings (SSSR count). The van der Waals surface area contributed by atoms with Crippen molar-refractivity contribution in [1.29, 1.82) is 0 Å². The Hall–Kier alpha value is -1.49. The largest absolute Gasteiger partial charge is 0.479 e. The molecule has 1 aromatic carbocycles. The summed E-state index contributed by atoms with van der Waals surface area (Å²) < 4.78 is 26.9. The molecule has 2 N–H and O–H groups in total. The normalized spacial score (nSPS) is 19.2. The minimum atomic E-state index is -1.76. The van der Waals surface area contributed by atoms with Crippen molar-refractivity contribution in [3.63, 3.8) is 0 Å². The van der Waals surface area contributed by atoms with Crippen LogP contribution in [-0.2, 0) is 10.2 Å². The number of rotatable bonds is 3. The molecule has 0 spiro atoms. The second-order valence-electron chi connectivity index (χ2n) is 3.99. The van der Waals surface area contributed by atoms with E-state index in [1.807, 2.05) is 0 Å². The van der Waals surface area contributed by atoms with Gasteiger partial charge in [0, 0.05) is 11.0 Å². The Morgan fingerprint density at radius 3 is 2.19 bits per heavy atom. The molecule has 1 atom stereocenters. The Morgan fingerprint density at radius 2 is 1.81 bits per heavy atom. The maximum Gasteiger partial charge on any atom is 0.333 e. The summed E-state index contributed by atoms with van der Waals surface area (Å²) in [4.78, 5) is 10.7. The van der Waals surface area contributed by atoms with E-state index in [1.54, 1.807) is 0 Å². The average molecular weight is 228 g/mol. The summed E-state index contributed by atoms with van der Waals surface area (Å²) in [5.41, 5.74) is -1.61. The first kappa shape index (κ1) is 11.0. The summed E-state index contributed by atoms with van der Waals surface area (Å²) in [5, 5.41) is 18.2. The number of aliphatic hydroxyl groups is 1. The van der Waals surface area contributed by atoms with Crippen LogP contribution in [0.4, 0.5) is 8.78 Å². The molecule has 0 saturated heterocycles. The van der Waals surface area contributed by atoms with E-state index in [4.69, 9.17) is 5.11 Å². The van der Waals surface area contributed by atoms with Crippen LogP contribution in [0.15, 0.2) is 18.2 Å². The van der Waals surface area contributed by atoms with Gasteiger partial charge >= 0.3 is 5.97 Å². The Balaban J connectivity index is 2.48. The third kappa shape index (κ3) is 1.48. The molecule has 0 radical (unpaired) electrons. The highest BCUT2D eigenvalue weighted by Gasteiger charge is 2.56. The van der Waals surface area contributed by atoms with Crippen LogP contribution in [0.2, 0.25) is 0 Å². The van der Waals surface area contributed by atoms with Gasteiger partial charge in [-0.3, -0.25) is 0 Å². The second-order valence-corrected chi connectivity index (χ2v) is 3.99. The van der Waals surface area contributed by atoms with E-state index in [0.29, 0.717) is 0 Å². The summed E-state index contributed by atoms with van der Waals surface area (Å²) in [7, 11) is 0. The molecule has 3 nitrogen and oxygen atoms in total. The molecule has 1 aromatic rings. The molecule has 5 heteroatoms. The van der Waals surface area contributed by atoms with Crippen molar-refractivity contribution in [2.24, 2.45) is 0 Å². The van der Waals surface area contributed by atoms with E-state index in [-0.39, 0.29) is 18.4 Å². The quantitative estimate of drug-likeness (QED) is 0.823. The van der Waals surface area contributed by atoms with Gasteiger partial charge in [-0.25, -0.2) is 13.6 Å². The second kappa shape index (κ2) is 3.52. The maximum absolute atomic E-state index is 13.5. The van der Waals surface area contributed by atoms with Crippen molar-refractivity contribution in [3.8, 4) is 0 Å². The van der Waals surface area contributed by atoms with Crippen molar-refractivity contribution in [3.05, 3.63) is 35.4 Å². The summed E-state index contributed by atoms with van der Waals surface area (Å²) in [6.45, 7) is 0. The Bertz CT molecular complexity index is 421. The van der Waals surface area contributed by atoms with E-state index < -0.39 is 29.1 Å². The molecule has 0 bridgehead atoms. The first-order valence-corrected chi connectivity index (χ1v) is 4.84. The number of benzene rings is 1. The molecule has 0 heterocycles. The summed E-state index contributed by atoms with van der Waals surface area (Å²) in [6.07, 6.45) is -1.21. The van der Waals surface area contributed by atoms with E-state index in [9.17, 15) is 18.7 Å². The smallest absolute Gasteiger partial charge is 0.333 e. The van der Waals surface area contributed by atoms with Crippen LogP contribution in [0.1, 0.15) is 18.4 Å². The van der Waals surface area contributed by atoms with Crippen LogP contribution < -0.4 is 0 Å². The van der Waals surface area contributed by atoms with Gasteiger partial charge in [-0.1, -0.05) is 6.07 Å². The van der Waals surface area contributed by atoms with Gasteiger partial charge in [0.25, 0.3) is 0 Å². The maximum atomic E-state index is 13.5. The minimum absolute atomic E-state index is 0.276. The fraction of sp³-hybridized carbons (Fsp3) is 0.364. The molecule has 1 fully saturated rings. The lowest BCUT2D eigenvalue weighted by atomic mass is 9.89. The van der Waals surface area contributed by atoms with Crippen molar-refractivity contribution in [2.75, 3.05) is 0 Å². The zero-order chi connectivity index (χ0) is 11.9. The predicted molar refractivity (Wildman–Crippen MR) is 50.9 cm³/mol. The predicted octanol–water partition coefficient (Wildman–Crippen LogP) is 1.44. The first-order valence-electron chi connectivity index (χ1n) is 4.84. The number of hydrogen-bond acceptors (Lipinski definition) is 2. The number of aliphatic hydroxyl groups excluding tert-OH is 1. The van der Waals surface area contributed by atoms with Crippen molar-refractivity contribution in [1.82, 2.24) is 0 Å². The number of carboxylic acid groups (broad SMARTS) is 1. The molecule has 0 amide bonds. The molecule has 0 aliphatic heterocycles. The fourth-order valence-corrected chi connectivity index (χ4v) is 2.00. The standard InChI is InChI=1S/C11H10F2O3/c12-6-2-1-3-7(13)8(6)11(4-5-11)9(14)10(15)16/h1-3,9,14H,4-5H2,(H,15,16). The average Bonchev–Trinajstić information content (AvgIpc) is 2.97. The zero-order valence-electron chi connectivity index (χ0n) is 8.28. The lowest BCUT2D eigenvalue weighted by molar-refractivity contribution is -0.148. The monoisotopic (exact) mass is 228 g/mol. The molecule has 1 aliphatic rings. The van der Waals surface area contributed by atoms with Gasteiger partial charge in [0.05, 0.1) is 0 Å². The zero-order valence-corrected chi connectivity index (χ0v) is 8.28. The van der Waals surface area contributed by atoms with Crippen molar-refractivity contribution in [2.45, 2.75) is 24.4 Å². The van der Waals surface area contributed by atoms with E-state index in [2.05, 4.69) is 0 Å². The van der Waals surface area contributed by atoms with Gasteiger partial charge < -0.3 is 10.2 Å². The highest BCUT2D eigenvalue weighted by atomic mass is 19.1. The van der Waals surface area contributed by atoms with Crippen LogP contribution in [0.5, 0.6) is 0 Å². The van der Waals surface area contributed by atoms with Crippen LogP contribution in [0, 0.1) is 11.6 Å². The molecule has 16 heavy (non-hydrogen) atoms. The van der Waals surface area contributed by atoms with Gasteiger partial charge in [-0.05, 0) is 25.0 Å². The summed E-state index contributed by atoms with van der Waals surface area (Å²) >= 11 is 0. The minimum Gasteiger partial charge on any atom is -0.479 e. The Labute approximate surface area is 90.3 Å². The van der Waals surface area contributed by atoms with Crippen LogP contribution in [-0.4, -0.2) is 22.3 Å². The molecule has 1 saturated carbocycles. The Kier molecular flexibility index (Phi) is 2.42. The highest BCUT2D eigenvalue weighted by Crippen LogP contribution is 2.52. The van der Waals surface area contributed by atoms with Crippen LogP contribution >= 0.6 is 0 Å². The van der Waals surface area contributed by atoms with E-state index >= 15 is 0 Å². The summed E-state index contributed by atoms with van der Waals surface area (Å²) in [5.74, 6) is -3.07. The first-order chi connectivity index (χ1) is 7.49. The van der Waals surface area contributed by atoms with Crippen LogP contribution in [0.3, 0.4) is 0 Å². The number of carbonyl (C=O) groups is 1. The third-order valence-corrected chi connectivity index (χ3v) is 3.01. The fourth-order valence-electron chi connectivity index (χ4n) is 2.00. The number of carboxylic acids is 1. The van der Waals surface area contributed by atoms with Gasteiger partial charge in [0.15, 0.2) is 6.10 Å². The summed E-state index contributed by atoms with van der Waals surface area (Å²) in [6, 6.07) is 3.33. The third-order valence-electron chi connectivity index (χ3n) is 3.01. The van der Waals surface area contributed by atoms with Crippen molar-refractivity contribution < 1.29 is 23.8 Å². The van der Waals surface area contributed by atoms with Gasteiger partial charge in [-0.2, -0.15) is 0 Å². The highest BCUT2D eigenvalue weighted by molar-refractivity contribution is 5.75. The molecular weight excluding hydrogens is 218 g/mol. The number of hydrogen-bond donors (Lipinski definition) is 2. The van der Waals surface area contributed by atoms with Gasteiger partial charge in [0.2, 0.25) is 0 Å². The Morgan fingerprint density at radius 1 is 1.31 bits per heavy atom. The molecular formula is C11H10F2O3. The molecule has 1 unspecified atom stereocenters. The van der Waals surface area contributed by atoms with Crippen LogP contribution in [0.25, 0.3) is 0 Å². The van der Waals surface area contributed by atoms with Gasteiger partial charge in [-0.15, -0.1) is 0 Å². The number of aliphatic carboxylic acids is 1. The number of halogens is 2. The van der Waals surface area contributed by atoms with Crippen molar-refractivity contribution >= 4 is 5.97 Å². The molecule has 1 aliphatic carbocycles. The van der Waals surface area contributed by atoms with Gasteiger partial charge in [0.1, 0.15) is 11.6 Å².